The molecule has 1 aromatic heterocycles. The Kier molecular flexibility index (Phi) is 7.52. The highest BCUT2D eigenvalue weighted by atomic mass is 15.7. The SMILES string of the molecule is C=C(CC)N1C=C([C@@H](Nc2cc(C#N)c3ncc(C#N)c(NCC(C)(C)C)c3c2)c2cccc(C3(C#N)CC3)c2)NN1. The molecule has 1 fully saturated rings. The Labute approximate surface area is 247 Å². The highest BCUT2D eigenvalue weighted by Gasteiger charge is 2.45. The number of rotatable bonds is 9. The van der Waals surface area contributed by atoms with Gasteiger partial charge in [-0.15, -0.1) is 5.53 Å². The van der Waals surface area contributed by atoms with Gasteiger partial charge in [0.2, 0.25) is 0 Å². The van der Waals surface area contributed by atoms with Crippen molar-refractivity contribution >= 4 is 22.3 Å². The smallest absolute Gasteiger partial charge is 0.103 e. The molecule has 1 aliphatic heterocycles. The number of benzene rings is 2. The number of allylic oxidation sites excluding steroid dienone is 1. The van der Waals surface area contributed by atoms with E-state index in [0.717, 1.165) is 41.8 Å². The van der Waals surface area contributed by atoms with Crippen molar-refractivity contribution in [2.24, 2.45) is 5.41 Å². The Morgan fingerprint density at radius 3 is 2.55 bits per heavy atom. The van der Waals surface area contributed by atoms with Gasteiger partial charge >= 0.3 is 0 Å². The average molecular weight is 558 g/mol. The molecule has 1 aliphatic carbocycles. The van der Waals surface area contributed by atoms with Crippen LogP contribution in [0.5, 0.6) is 0 Å². The zero-order valence-corrected chi connectivity index (χ0v) is 24.5. The number of hydrogen-bond acceptors (Lipinski definition) is 9. The van der Waals surface area contributed by atoms with Crippen LogP contribution >= 0.6 is 0 Å². The monoisotopic (exact) mass is 557 g/mol. The summed E-state index contributed by atoms with van der Waals surface area (Å²) in [6.07, 6.45) is 5.96. The molecule has 42 heavy (non-hydrogen) atoms. The number of nitriles is 3. The van der Waals surface area contributed by atoms with Gasteiger partial charge in [-0.05, 0) is 47.9 Å². The summed E-state index contributed by atoms with van der Waals surface area (Å²) in [4.78, 5) is 4.48. The van der Waals surface area contributed by atoms with Crippen molar-refractivity contribution in [3.05, 3.63) is 89.0 Å². The van der Waals surface area contributed by atoms with E-state index in [2.05, 4.69) is 78.2 Å². The molecule has 0 spiro atoms. The van der Waals surface area contributed by atoms with Crippen molar-refractivity contribution in [1.29, 1.82) is 15.8 Å². The molecule has 212 valence electrons. The molecule has 9 heteroatoms. The van der Waals surface area contributed by atoms with Gasteiger partial charge in [0.25, 0.3) is 0 Å². The van der Waals surface area contributed by atoms with Crippen molar-refractivity contribution in [2.75, 3.05) is 17.2 Å². The van der Waals surface area contributed by atoms with E-state index in [1.807, 2.05) is 42.4 Å². The minimum atomic E-state index is -0.428. The van der Waals surface area contributed by atoms with Crippen molar-refractivity contribution in [2.45, 2.75) is 58.4 Å². The molecule has 0 bridgehead atoms. The minimum absolute atomic E-state index is 0.0311. The van der Waals surface area contributed by atoms with Gasteiger partial charge in [0.05, 0.1) is 45.6 Å². The van der Waals surface area contributed by atoms with Crippen LogP contribution in [0.15, 0.2) is 66.8 Å². The van der Waals surface area contributed by atoms with Gasteiger partial charge in [0, 0.05) is 35.7 Å². The molecule has 0 unspecified atom stereocenters. The predicted molar refractivity (Wildman–Crippen MR) is 164 cm³/mol. The Hall–Kier alpha value is -5.04. The van der Waals surface area contributed by atoms with E-state index in [4.69, 9.17) is 0 Å². The molecular weight excluding hydrogens is 522 g/mol. The maximum Gasteiger partial charge on any atom is 0.103 e. The van der Waals surface area contributed by atoms with Crippen LogP contribution in [0.4, 0.5) is 11.4 Å². The molecule has 0 saturated heterocycles. The zero-order chi connectivity index (χ0) is 30.1. The predicted octanol–water partition coefficient (Wildman–Crippen LogP) is 6.23. The summed E-state index contributed by atoms with van der Waals surface area (Å²) in [5, 5.41) is 39.5. The molecule has 5 rings (SSSR count). The van der Waals surface area contributed by atoms with E-state index in [1.165, 1.54) is 6.20 Å². The van der Waals surface area contributed by atoms with Gasteiger partial charge in [-0.25, -0.2) is 0 Å². The van der Waals surface area contributed by atoms with Gasteiger partial charge in [-0.1, -0.05) is 58.5 Å². The van der Waals surface area contributed by atoms with Gasteiger partial charge in [0.15, 0.2) is 0 Å². The van der Waals surface area contributed by atoms with Crippen LogP contribution in [-0.4, -0.2) is 16.5 Å². The summed E-state index contributed by atoms with van der Waals surface area (Å²) in [5.41, 5.74) is 12.4. The molecule has 3 aromatic rings. The lowest BCUT2D eigenvalue weighted by Crippen LogP contribution is -2.36. The average Bonchev–Trinajstić information content (AvgIpc) is 3.65. The highest BCUT2D eigenvalue weighted by Crippen LogP contribution is 2.48. The van der Waals surface area contributed by atoms with Gasteiger partial charge in [-0.2, -0.15) is 15.8 Å². The Balaban J connectivity index is 1.62. The minimum Gasteiger partial charge on any atom is -0.383 e. The first-order chi connectivity index (χ1) is 20.1. The fourth-order valence-corrected chi connectivity index (χ4v) is 5.03. The summed E-state index contributed by atoms with van der Waals surface area (Å²) in [7, 11) is 0. The van der Waals surface area contributed by atoms with Gasteiger partial charge in [-0.3, -0.25) is 9.99 Å². The van der Waals surface area contributed by atoms with Crippen LogP contribution in [0, 0.1) is 39.4 Å². The number of nitrogens with one attached hydrogen (secondary N) is 4. The third-order valence-electron chi connectivity index (χ3n) is 7.70. The third-order valence-corrected chi connectivity index (χ3v) is 7.70. The van der Waals surface area contributed by atoms with E-state index in [0.29, 0.717) is 39.9 Å². The van der Waals surface area contributed by atoms with Crippen molar-refractivity contribution < 1.29 is 0 Å². The zero-order valence-electron chi connectivity index (χ0n) is 24.5. The van der Waals surface area contributed by atoms with Gasteiger partial charge < -0.3 is 16.1 Å². The number of pyridine rings is 1. The molecule has 2 heterocycles. The first-order valence-electron chi connectivity index (χ1n) is 14.1. The first-order valence-corrected chi connectivity index (χ1v) is 14.1. The summed E-state index contributed by atoms with van der Waals surface area (Å²) >= 11 is 0. The molecule has 9 nitrogen and oxygen atoms in total. The van der Waals surface area contributed by atoms with Crippen LogP contribution < -0.4 is 21.6 Å². The largest absolute Gasteiger partial charge is 0.383 e. The van der Waals surface area contributed by atoms with Gasteiger partial charge in [0.1, 0.15) is 12.1 Å². The number of nitrogens with zero attached hydrogens (tertiary/aromatic N) is 5. The lowest BCUT2D eigenvalue weighted by atomic mass is 9.93. The maximum absolute atomic E-state index is 10.1. The second kappa shape index (κ2) is 11.1. The normalized spacial score (nSPS) is 15.9. The van der Waals surface area contributed by atoms with Crippen LogP contribution in [-0.2, 0) is 5.41 Å². The second-order valence-electron chi connectivity index (χ2n) is 12.1. The molecule has 1 saturated carbocycles. The van der Waals surface area contributed by atoms with E-state index in [9.17, 15) is 15.8 Å². The Bertz CT molecular complexity index is 1700. The lowest BCUT2D eigenvalue weighted by Gasteiger charge is -2.24. The third kappa shape index (κ3) is 5.59. The fourth-order valence-electron chi connectivity index (χ4n) is 5.03. The molecule has 1 atom stereocenters. The van der Waals surface area contributed by atoms with Crippen LogP contribution in [0.25, 0.3) is 10.9 Å². The molecule has 0 amide bonds. The number of hydrogen-bond donors (Lipinski definition) is 4. The van der Waals surface area contributed by atoms with E-state index < -0.39 is 5.41 Å². The van der Waals surface area contributed by atoms with Crippen molar-refractivity contribution in [3.8, 4) is 18.2 Å². The standard InChI is InChI=1S/C33H35N9/c1-6-21(2)42-18-28(40-41-42)31(22-8-7-9-25(12-22)33(19-36)10-11-33)39-26-13-23(15-34)29-27(14-26)30(24(16-35)17-37-29)38-20-32(3,4)5/h7-9,12-14,17-18,31,39-41H,2,6,10-11,20H2,1,3-5H3,(H,37,38)/t31-/m0/s1. The van der Waals surface area contributed by atoms with E-state index in [-0.39, 0.29) is 11.5 Å². The molecule has 0 radical (unpaired) electrons. The van der Waals surface area contributed by atoms with Crippen molar-refractivity contribution in [3.63, 3.8) is 0 Å². The summed E-state index contributed by atoms with van der Waals surface area (Å²) in [6, 6.07) is 18.5. The first kappa shape index (κ1) is 28.5. The molecule has 2 aliphatic rings. The number of aromatic nitrogens is 1. The van der Waals surface area contributed by atoms with Crippen LogP contribution in [0.3, 0.4) is 0 Å². The highest BCUT2D eigenvalue weighted by molar-refractivity contribution is 5.99. The summed E-state index contributed by atoms with van der Waals surface area (Å²) in [5.74, 6) is 0. The molecular formula is C33H35N9. The maximum atomic E-state index is 10.1. The topological polar surface area (TPSA) is 136 Å². The fraction of sp³-hybridized carbons (Fsp3) is 0.333. The molecule has 4 N–H and O–H groups in total. The summed E-state index contributed by atoms with van der Waals surface area (Å²) in [6.45, 7) is 13.2. The Morgan fingerprint density at radius 1 is 1.14 bits per heavy atom. The van der Waals surface area contributed by atoms with Crippen LogP contribution in [0.1, 0.15) is 75.3 Å². The molecule has 2 aromatic carbocycles. The van der Waals surface area contributed by atoms with E-state index in [1.54, 1.807) is 6.07 Å². The van der Waals surface area contributed by atoms with Crippen LogP contribution in [0.2, 0.25) is 0 Å². The summed E-state index contributed by atoms with van der Waals surface area (Å²) < 4.78 is 0. The number of anilines is 2. The Morgan fingerprint density at radius 2 is 1.90 bits per heavy atom. The van der Waals surface area contributed by atoms with E-state index >= 15 is 0 Å². The number of hydrazine groups is 2. The van der Waals surface area contributed by atoms with Crippen molar-refractivity contribution in [1.82, 2.24) is 21.0 Å². The number of fused-ring (bicyclic) bond motifs is 1. The quantitative estimate of drug-likeness (QED) is 0.241. The second-order valence-corrected chi connectivity index (χ2v) is 12.1. The lowest BCUT2D eigenvalue weighted by molar-refractivity contribution is 0.327.